The Morgan fingerprint density at radius 3 is 2.32 bits per heavy atom. The molecule has 1 aliphatic rings. The van der Waals surface area contributed by atoms with Crippen molar-refractivity contribution < 1.29 is 0 Å². The molecule has 2 atom stereocenters. The molecule has 1 aromatic carbocycles. The number of nitrogens with zero attached hydrogens (tertiary/aromatic N) is 2. The molecule has 1 saturated heterocycles. The smallest absolute Gasteiger partial charge is 0.0254 e. The summed E-state index contributed by atoms with van der Waals surface area (Å²) in [5, 5.41) is 3.18. The molecule has 0 amide bonds. The van der Waals surface area contributed by atoms with Crippen molar-refractivity contribution >= 4 is 0 Å². The van der Waals surface area contributed by atoms with Crippen LogP contribution in [-0.4, -0.2) is 50.1 Å². The lowest BCUT2D eigenvalue weighted by molar-refractivity contribution is 0.250. The van der Waals surface area contributed by atoms with Gasteiger partial charge in [0, 0.05) is 32.2 Å². The van der Waals surface area contributed by atoms with Gasteiger partial charge >= 0.3 is 0 Å². The van der Waals surface area contributed by atoms with Crippen LogP contribution in [0.4, 0.5) is 0 Å². The van der Waals surface area contributed by atoms with Crippen LogP contribution in [-0.2, 0) is 13.1 Å². The predicted octanol–water partition coefficient (Wildman–Crippen LogP) is 1.79. The summed E-state index contributed by atoms with van der Waals surface area (Å²) in [6.07, 6.45) is 0. The summed E-state index contributed by atoms with van der Waals surface area (Å²) in [6.45, 7) is 6.78. The first-order chi connectivity index (χ1) is 9.10. The van der Waals surface area contributed by atoms with Crippen LogP contribution in [0.5, 0.6) is 0 Å². The summed E-state index contributed by atoms with van der Waals surface area (Å²) in [5.41, 5.74) is 2.78. The summed E-state index contributed by atoms with van der Waals surface area (Å²) in [6, 6.07) is 9.69. The molecule has 2 rings (SSSR count). The molecule has 0 aromatic heterocycles. The molecule has 0 aliphatic carbocycles. The molecular formula is C16H27N3. The molecule has 3 heteroatoms. The maximum Gasteiger partial charge on any atom is 0.0254 e. The number of rotatable bonds is 5. The number of benzene rings is 1. The van der Waals surface area contributed by atoms with Crippen LogP contribution in [0.1, 0.15) is 18.1 Å². The topological polar surface area (TPSA) is 18.5 Å². The van der Waals surface area contributed by atoms with E-state index >= 15 is 0 Å². The van der Waals surface area contributed by atoms with Crippen LogP contribution < -0.4 is 5.32 Å². The van der Waals surface area contributed by atoms with Gasteiger partial charge in [-0.2, -0.15) is 0 Å². The summed E-state index contributed by atoms with van der Waals surface area (Å²) < 4.78 is 0. The van der Waals surface area contributed by atoms with Gasteiger partial charge in [-0.05, 0) is 38.2 Å². The Hall–Kier alpha value is -0.900. The fraction of sp³-hybridized carbons (Fsp3) is 0.625. The van der Waals surface area contributed by atoms with Gasteiger partial charge in [-0.3, -0.25) is 4.90 Å². The molecule has 0 bridgehead atoms. The number of likely N-dealkylation sites (tertiary alicyclic amines) is 1. The maximum atomic E-state index is 3.18. The average Bonchev–Trinajstić information content (AvgIpc) is 2.73. The molecule has 19 heavy (non-hydrogen) atoms. The van der Waals surface area contributed by atoms with Crippen molar-refractivity contribution in [3.63, 3.8) is 0 Å². The van der Waals surface area contributed by atoms with E-state index in [1.807, 2.05) is 7.05 Å². The quantitative estimate of drug-likeness (QED) is 0.872. The molecule has 1 aromatic rings. The van der Waals surface area contributed by atoms with Gasteiger partial charge in [-0.25, -0.2) is 0 Å². The van der Waals surface area contributed by atoms with Crippen LogP contribution in [0, 0.1) is 5.92 Å². The molecule has 1 fully saturated rings. The Morgan fingerprint density at radius 1 is 1.16 bits per heavy atom. The van der Waals surface area contributed by atoms with E-state index in [-0.39, 0.29) is 0 Å². The Labute approximate surface area is 117 Å². The monoisotopic (exact) mass is 261 g/mol. The number of likely N-dealkylation sites (N-methyl/N-ethyl adjacent to an activating group) is 1. The first-order valence-corrected chi connectivity index (χ1v) is 7.21. The van der Waals surface area contributed by atoms with Crippen molar-refractivity contribution in [3.05, 3.63) is 35.4 Å². The molecule has 0 radical (unpaired) electrons. The summed E-state index contributed by atoms with van der Waals surface area (Å²) in [5.74, 6) is 0.763. The Bertz CT molecular complexity index is 385. The zero-order chi connectivity index (χ0) is 13.8. The number of hydrogen-bond acceptors (Lipinski definition) is 3. The largest absolute Gasteiger partial charge is 0.316 e. The van der Waals surface area contributed by atoms with Gasteiger partial charge in [-0.15, -0.1) is 0 Å². The average molecular weight is 261 g/mol. The van der Waals surface area contributed by atoms with Gasteiger partial charge in [0.15, 0.2) is 0 Å². The normalized spacial score (nSPS) is 24.3. The van der Waals surface area contributed by atoms with E-state index in [1.165, 1.54) is 24.2 Å². The fourth-order valence-electron chi connectivity index (χ4n) is 3.07. The third kappa shape index (κ3) is 3.78. The highest BCUT2D eigenvalue weighted by molar-refractivity contribution is 5.22. The molecular weight excluding hydrogens is 234 g/mol. The van der Waals surface area contributed by atoms with Crippen molar-refractivity contribution in [3.8, 4) is 0 Å². The van der Waals surface area contributed by atoms with Gasteiger partial charge in [0.25, 0.3) is 0 Å². The molecule has 0 spiro atoms. The lowest BCUT2D eigenvalue weighted by Crippen LogP contribution is -2.34. The fourth-order valence-corrected chi connectivity index (χ4v) is 3.07. The van der Waals surface area contributed by atoms with E-state index in [2.05, 4.69) is 60.4 Å². The van der Waals surface area contributed by atoms with Gasteiger partial charge < -0.3 is 10.2 Å². The van der Waals surface area contributed by atoms with Crippen LogP contribution in [0.2, 0.25) is 0 Å². The van der Waals surface area contributed by atoms with Crippen LogP contribution in [0.25, 0.3) is 0 Å². The third-order valence-corrected chi connectivity index (χ3v) is 4.12. The third-order valence-electron chi connectivity index (χ3n) is 4.12. The molecule has 1 heterocycles. The van der Waals surface area contributed by atoms with Crippen molar-refractivity contribution in [1.82, 2.24) is 15.1 Å². The lowest BCUT2D eigenvalue weighted by atomic mass is 10.1. The highest BCUT2D eigenvalue weighted by atomic mass is 15.2. The first-order valence-electron chi connectivity index (χ1n) is 7.21. The minimum absolute atomic E-state index is 0.698. The molecule has 1 aliphatic heterocycles. The van der Waals surface area contributed by atoms with E-state index in [1.54, 1.807) is 0 Å². The van der Waals surface area contributed by atoms with E-state index < -0.39 is 0 Å². The standard InChI is InChI=1S/C16H27N3/c1-13-10-19(12-16(13)18(3)4)11-15-7-5-14(6-8-15)9-17-2/h5-8,13,16-17H,9-12H2,1-4H3. The predicted molar refractivity (Wildman–Crippen MR) is 81.1 cm³/mol. The second-order valence-electron chi connectivity index (χ2n) is 6.05. The van der Waals surface area contributed by atoms with Gasteiger partial charge in [-0.1, -0.05) is 31.2 Å². The molecule has 1 N–H and O–H groups in total. The highest BCUT2D eigenvalue weighted by Crippen LogP contribution is 2.21. The van der Waals surface area contributed by atoms with Gasteiger partial charge in [0.05, 0.1) is 0 Å². The SMILES string of the molecule is CNCc1ccc(CN2CC(C)C(N(C)C)C2)cc1. The van der Waals surface area contributed by atoms with E-state index in [0.29, 0.717) is 6.04 Å². The van der Waals surface area contributed by atoms with Crippen molar-refractivity contribution in [2.75, 3.05) is 34.2 Å². The minimum atomic E-state index is 0.698. The maximum absolute atomic E-state index is 3.18. The zero-order valence-electron chi connectivity index (χ0n) is 12.7. The summed E-state index contributed by atoms with van der Waals surface area (Å²) in [4.78, 5) is 4.93. The number of hydrogen-bond donors (Lipinski definition) is 1. The van der Waals surface area contributed by atoms with Crippen molar-refractivity contribution in [1.29, 1.82) is 0 Å². The molecule has 3 nitrogen and oxygen atoms in total. The summed E-state index contributed by atoms with van der Waals surface area (Å²) in [7, 11) is 6.37. The van der Waals surface area contributed by atoms with Crippen molar-refractivity contribution in [2.45, 2.75) is 26.1 Å². The molecule has 106 valence electrons. The second-order valence-corrected chi connectivity index (χ2v) is 6.05. The second kappa shape index (κ2) is 6.51. The molecule has 0 saturated carbocycles. The first kappa shape index (κ1) is 14.5. The van der Waals surface area contributed by atoms with Gasteiger partial charge in [0.1, 0.15) is 0 Å². The van der Waals surface area contributed by atoms with E-state index in [0.717, 1.165) is 19.0 Å². The Kier molecular flexibility index (Phi) is 4.97. The highest BCUT2D eigenvalue weighted by Gasteiger charge is 2.30. The minimum Gasteiger partial charge on any atom is -0.316 e. The van der Waals surface area contributed by atoms with E-state index in [4.69, 9.17) is 0 Å². The number of nitrogens with one attached hydrogen (secondary N) is 1. The Morgan fingerprint density at radius 2 is 1.79 bits per heavy atom. The zero-order valence-corrected chi connectivity index (χ0v) is 12.7. The van der Waals surface area contributed by atoms with Crippen LogP contribution in [0.15, 0.2) is 24.3 Å². The van der Waals surface area contributed by atoms with Crippen LogP contribution >= 0.6 is 0 Å². The van der Waals surface area contributed by atoms with Gasteiger partial charge in [0.2, 0.25) is 0 Å². The summed E-state index contributed by atoms with van der Waals surface area (Å²) >= 11 is 0. The lowest BCUT2D eigenvalue weighted by Gasteiger charge is -2.22. The van der Waals surface area contributed by atoms with Crippen molar-refractivity contribution in [2.24, 2.45) is 5.92 Å². The Balaban J connectivity index is 1.91. The van der Waals surface area contributed by atoms with Crippen LogP contribution in [0.3, 0.4) is 0 Å². The van der Waals surface area contributed by atoms with E-state index in [9.17, 15) is 0 Å². The molecule has 2 unspecified atom stereocenters.